The van der Waals surface area contributed by atoms with Crippen molar-refractivity contribution in [2.24, 2.45) is 0 Å². The Balaban J connectivity index is 1.73. The summed E-state index contributed by atoms with van der Waals surface area (Å²) in [4.78, 5) is 16.3. The van der Waals surface area contributed by atoms with Crippen molar-refractivity contribution in [1.29, 1.82) is 0 Å². The highest BCUT2D eigenvalue weighted by Gasteiger charge is 2.15. The van der Waals surface area contributed by atoms with Gasteiger partial charge in [0.2, 0.25) is 0 Å². The second kappa shape index (κ2) is 6.89. The average molecular weight is 281 g/mol. The fourth-order valence-corrected chi connectivity index (χ4v) is 3.21. The van der Waals surface area contributed by atoms with Gasteiger partial charge in [0.1, 0.15) is 5.01 Å². The Labute approximate surface area is 119 Å². The summed E-state index contributed by atoms with van der Waals surface area (Å²) in [6, 6.07) is 0.296. The number of nitrogens with zero attached hydrogens (tertiary/aromatic N) is 1. The summed E-state index contributed by atoms with van der Waals surface area (Å²) in [7, 11) is 0. The molecule has 2 rings (SSSR count). The van der Waals surface area contributed by atoms with E-state index in [-0.39, 0.29) is 6.03 Å². The van der Waals surface area contributed by atoms with Gasteiger partial charge in [-0.05, 0) is 18.8 Å². The van der Waals surface area contributed by atoms with Crippen molar-refractivity contribution in [3.05, 3.63) is 16.1 Å². The maximum atomic E-state index is 11.8. The van der Waals surface area contributed by atoms with Crippen LogP contribution in [-0.2, 0) is 6.54 Å². The van der Waals surface area contributed by atoms with Gasteiger partial charge in [-0.25, -0.2) is 9.78 Å². The fourth-order valence-electron chi connectivity index (χ4n) is 2.31. The van der Waals surface area contributed by atoms with Crippen molar-refractivity contribution >= 4 is 17.4 Å². The first kappa shape index (κ1) is 14.3. The highest BCUT2D eigenvalue weighted by molar-refractivity contribution is 7.09. The van der Waals surface area contributed by atoms with Crippen LogP contribution in [0, 0.1) is 0 Å². The summed E-state index contributed by atoms with van der Waals surface area (Å²) in [6.45, 7) is 4.78. The Morgan fingerprint density at radius 1 is 1.42 bits per heavy atom. The third kappa shape index (κ3) is 4.49. The molecular weight excluding hydrogens is 258 g/mol. The van der Waals surface area contributed by atoms with E-state index >= 15 is 0 Å². The molecule has 2 N–H and O–H groups in total. The van der Waals surface area contributed by atoms with Gasteiger partial charge in [0.05, 0.1) is 12.2 Å². The number of carbonyl (C=O) groups is 1. The zero-order chi connectivity index (χ0) is 13.7. The molecule has 1 fully saturated rings. The van der Waals surface area contributed by atoms with Crippen LogP contribution in [0.2, 0.25) is 0 Å². The van der Waals surface area contributed by atoms with Gasteiger partial charge in [-0.15, -0.1) is 11.3 Å². The van der Waals surface area contributed by atoms with Crippen LogP contribution in [0.3, 0.4) is 0 Å². The van der Waals surface area contributed by atoms with E-state index in [0.717, 1.165) is 23.5 Å². The summed E-state index contributed by atoms with van der Waals surface area (Å²) in [5.74, 6) is 0.445. The zero-order valence-corrected chi connectivity index (χ0v) is 12.6. The van der Waals surface area contributed by atoms with E-state index in [0.29, 0.717) is 18.5 Å². The van der Waals surface area contributed by atoms with Crippen LogP contribution in [0.5, 0.6) is 0 Å². The Kier molecular flexibility index (Phi) is 5.19. The smallest absolute Gasteiger partial charge is 0.315 e. The molecule has 0 aliphatic heterocycles. The molecule has 1 saturated carbocycles. The topological polar surface area (TPSA) is 54.0 Å². The number of aromatic nitrogens is 1. The largest absolute Gasteiger partial charge is 0.335 e. The Bertz CT molecular complexity index is 411. The SMILES string of the molecule is CC(C)c1csc(CNC(=O)NC2CCCCC2)n1. The summed E-state index contributed by atoms with van der Waals surface area (Å²) >= 11 is 1.61. The molecule has 1 aliphatic rings. The van der Waals surface area contributed by atoms with Crippen LogP contribution in [0.4, 0.5) is 4.79 Å². The Morgan fingerprint density at radius 2 is 2.16 bits per heavy atom. The first-order valence-corrected chi connectivity index (χ1v) is 8.02. The van der Waals surface area contributed by atoms with Gasteiger partial charge < -0.3 is 10.6 Å². The standard InChI is InChI=1S/C14H23N3OS/c1-10(2)12-9-19-13(17-12)8-15-14(18)16-11-6-4-3-5-7-11/h9-11H,3-8H2,1-2H3,(H2,15,16,18). The lowest BCUT2D eigenvalue weighted by Gasteiger charge is -2.22. The van der Waals surface area contributed by atoms with Crippen LogP contribution in [0.25, 0.3) is 0 Å². The molecular formula is C14H23N3OS. The van der Waals surface area contributed by atoms with Gasteiger partial charge in [0.25, 0.3) is 0 Å². The third-order valence-electron chi connectivity index (χ3n) is 3.50. The fraction of sp³-hybridized carbons (Fsp3) is 0.714. The van der Waals surface area contributed by atoms with Gasteiger partial charge >= 0.3 is 6.03 Å². The maximum Gasteiger partial charge on any atom is 0.315 e. The Hall–Kier alpha value is -1.10. The molecule has 19 heavy (non-hydrogen) atoms. The zero-order valence-electron chi connectivity index (χ0n) is 11.7. The number of hydrogen-bond donors (Lipinski definition) is 2. The van der Waals surface area contributed by atoms with E-state index < -0.39 is 0 Å². The first-order valence-electron chi connectivity index (χ1n) is 7.14. The Morgan fingerprint density at radius 3 is 2.79 bits per heavy atom. The molecule has 1 aliphatic carbocycles. The molecule has 0 unspecified atom stereocenters. The van der Waals surface area contributed by atoms with Gasteiger partial charge in [-0.1, -0.05) is 33.1 Å². The molecule has 0 aromatic carbocycles. The molecule has 2 amide bonds. The van der Waals surface area contributed by atoms with Gasteiger partial charge in [-0.2, -0.15) is 0 Å². The molecule has 0 radical (unpaired) electrons. The summed E-state index contributed by atoms with van der Waals surface area (Å²) < 4.78 is 0. The summed E-state index contributed by atoms with van der Waals surface area (Å²) in [5, 5.41) is 8.99. The molecule has 5 heteroatoms. The van der Waals surface area contributed by atoms with Crippen molar-refractivity contribution in [2.75, 3.05) is 0 Å². The second-order valence-corrected chi connectivity index (χ2v) is 6.43. The summed E-state index contributed by atoms with van der Waals surface area (Å²) in [6.07, 6.45) is 5.99. The van der Waals surface area contributed by atoms with Crippen LogP contribution in [-0.4, -0.2) is 17.1 Å². The molecule has 0 bridgehead atoms. The van der Waals surface area contributed by atoms with E-state index in [9.17, 15) is 4.79 Å². The molecule has 1 heterocycles. The highest BCUT2D eigenvalue weighted by atomic mass is 32.1. The minimum absolute atomic E-state index is 0.0619. The van der Waals surface area contributed by atoms with E-state index in [4.69, 9.17) is 0 Å². The van der Waals surface area contributed by atoms with E-state index in [1.165, 1.54) is 19.3 Å². The third-order valence-corrected chi connectivity index (χ3v) is 4.37. The number of rotatable bonds is 4. The lowest BCUT2D eigenvalue weighted by molar-refractivity contribution is 0.232. The van der Waals surface area contributed by atoms with Crippen molar-refractivity contribution in [3.63, 3.8) is 0 Å². The van der Waals surface area contributed by atoms with Crippen LogP contribution < -0.4 is 10.6 Å². The van der Waals surface area contributed by atoms with Crippen molar-refractivity contribution in [3.8, 4) is 0 Å². The minimum Gasteiger partial charge on any atom is -0.335 e. The number of thiazole rings is 1. The monoisotopic (exact) mass is 281 g/mol. The van der Waals surface area contributed by atoms with E-state index in [2.05, 4.69) is 34.8 Å². The second-order valence-electron chi connectivity index (χ2n) is 5.48. The molecule has 0 atom stereocenters. The molecule has 1 aromatic heterocycles. The average Bonchev–Trinajstić information content (AvgIpc) is 2.86. The van der Waals surface area contributed by atoms with Gasteiger partial charge in [0.15, 0.2) is 0 Å². The molecule has 1 aromatic rings. The van der Waals surface area contributed by atoms with Crippen LogP contribution in [0.1, 0.15) is 62.6 Å². The lowest BCUT2D eigenvalue weighted by atomic mass is 9.96. The molecule has 0 spiro atoms. The molecule has 106 valence electrons. The van der Waals surface area contributed by atoms with Crippen molar-refractivity contribution in [2.45, 2.75) is 64.5 Å². The number of carbonyl (C=O) groups excluding carboxylic acids is 1. The minimum atomic E-state index is -0.0619. The predicted octanol–water partition coefficient (Wildman–Crippen LogP) is 3.40. The normalized spacial score (nSPS) is 16.6. The maximum absolute atomic E-state index is 11.8. The van der Waals surface area contributed by atoms with Gasteiger partial charge in [0, 0.05) is 11.4 Å². The van der Waals surface area contributed by atoms with E-state index in [1.807, 2.05) is 0 Å². The number of amides is 2. The van der Waals surface area contributed by atoms with Crippen LogP contribution >= 0.6 is 11.3 Å². The highest BCUT2D eigenvalue weighted by Crippen LogP contribution is 2.18. The summed E-state index contributed by atoms with van der Waals surface area (Å²) in [5.41, 5.74) is 1.11. The molecule has 4 nitrogen and oxygen atoms in total. The van der Waals surface area contributed by atoms with Crippen molar-refractivity contribution in [1.82, 2.24) is 15.6 Å². The van der Waals surface area contributed by atoms with Gasteiger partial charge in [-0.3, -0.25) is 0 Å². The quantitative estimate of drug-likeness (QED) is 0.888. The molecule has 0 saturated heterocycles. The first-order chi connectivity index (χ1) is 9.15. The van der Waals surface area contributed by atoms with Crippen LogP contribution in [0.15, 0.2) is 5.38 Å². The lowest BCUT2D eigenvalue weighted by Crippen LogP contribution is -2.42. The number of urea groups is 1. The van der Waals surface area contributed by atoms with Crippen molar-refractivity contribution < 1.29 is 4.79 Å². The predicted molar refractivity (Wildman–Crippen MR) is 78.4 cm³/mol. The number of hydrogen-bond acceptors (Lipinski definition) is 3. The number of nitrogens with one attached hydrogen (secondary N) is 2. The van der Waals surface area contributed by atoms with E-state index in [1.54, 1.807) is 11.3 Å².